The van der Waals surface area contributed by atoms with Crippen LogP contribution >= 0.6 is 7.82 Å². The molecule has 0 fully saturated rings. The molecule has 0 saturated heterocycles. The third kappa shape index (κ3) is 6.19. The molecule has 0 heterocycles. The van der Waals surface area contributed by atoms with Crippen LogP contribution in [0.3, 0.4) is 0 Å². The summed E-state index contributed by atoms with van der Waals surface area (Å²) in [4.78, 5) is 16.3. The van der Waals surface area contributed by atoms with Crippen LogP contribution in [0.25, 0.3) is 0 Å². The maximum absolute atomic E-state index is 10.0. The van der Waals surface area contributed by atoms with Crippen molar-refractivity contribution in [3.8, 4) is 0 Å². The highest BCUT2D eigenvalue weighted by Gasteiger charge is 2.14. The summed E-state index contributed by atoms with van der Waals surface area (Å²) in [6, 6.07) is 0. The number of phosphoric ester groups is 1. The number of aliphatic hydroxyl groups excluding tert-OH is 1. The highest BCUT2D eigenvalue weighted by molar-refractivity contribution is 7.46. The van der Waals surface area contributed by atoms with E-state index in [1.54, 1.807) is 6.92 Å². The Balaban J connectivity index is 3.46. The summed E-state index contributed by atoms with van der Waals surface area (Å²) < 4.78 is 14.1. The fourth-order valence-electron chi connectivity index (χ4n) is 0.277. The minimum Gasteiger partial charge on any atom is -0.396 e. The van der Waals surface area contributed by atoms with Crippen LogP contribution in [-0.2, 0) is 9.09 Å². The normalized spacial score (nSPS) is 15.2. The lowest BCUT2D eigenvalue weighted by atomic mass is 10.2. The maximum atomic E-state index is 10.0. The van der Waals surface area contributed by atoms with Crippen LogP contribution < -0.4 is 0 Å². The van der Waals surface area contributed by atoms with Gasteiger partial charge in [0.2, 0.25) is 0 Å². The van der Waals surface area contributed by atoms with Crippen molar-refractivity contribution in [3.63, 3.8) is 0 Å². The van der Waals surface area contributed by atoms with Gasteiger partial charge in [0.25, 0.3) is 0 Å². The van der Waals surface area contributed by atoms with Crippen molar-refractivity contribution < 1.29 is 24.0 Å². The van der Waals surface area contributed by atoms with Crippen molar-refractivity contribution >= 4 is 7.82 Å². The molecule has 62 valence electrons. The average molecular weight is 170 g/mol. The lowest BCUT2D eigenvalue weighted by Crippen LogP contribution is -2.08. The second-order valence-electron chi connectivity index (χ2n) is 2.07. The molecule has 0 radical (unpaired) electrons. The zero-order chi connectivity index (χ0) is 8.20. The van der Waals surface area contributed by atoms with Gasteiger partial charge in [-0.05, 0) is 0 Å². The van der Waals surface area contributed by atoms with Crippen molar-refractivity contribution in [2.24, 2.45) is 5.92 Å². The molecule has 0 spiro atoms. The van der Waals surface area contributed by atoms with E-state index in [4.69, 9.17) is 14.9 Å². The number of rotatable bonds is 4. The molecule has 0 bridgehead atoms. The van der Waals surface area contributed by atoms with Crippen molar-refractivity contribution in [3.05, 3.63) is 0 Å². The molecule has 0 aliphatic heterocycles. The number of hydrogen-bond acceptors (Lipinski definition) is 3. The predicted octanol–water partition coefficient (Wildman–Crippen LogP) is -0.276. The van der Waals surface area contributed by atoms with E-state index in [9.17, 15) is 4.57 Å². The summed E-state index contributed by atoms with van der Waals surface area (Å²) in [7, 11) is -4.34. The highest BCUT2D eigenvalue weighted by Crippen LogP contribution is 2.35. The first kappa shape index (κ1) is 10.1. The molecule has 1 atom stereocenters. The van der Waals surface area contributed by atoms with Crippen molar-refractivity contribution in [2.45, 2.75) is 6.92 Å². The molecule has 1 unspecified atom stereocenters. The van der Waals surface area contributed by atoms with Gasteiger partial charge in [0.05, 0.1) is 6.61 Å². The molecule has 0 aromatic rings. The molecule has 0 aliphatic carbocycles. The third-order valence-electron chi connectivity index (χ3n) is 0.839. The van der Waals surface area contributed by atoms with E-state index in [2.05, 4.69) is 4.52 Å². The molecule has 0 aromatic carbocycles. The number of phosphoric acid groups is 1. The quantitative estimate of drug-likeness (QED) is 0.505. The summed E-state index contributed by atoms with van der Waals surface area (Å²) in [6.07, 6.45) is 0. The van der Waals surface area contributed by atoms with E-state index in [1.165, 1.54) is 0 Å². The van der Waals surface area contributed by atoms with Gasteiger partial charge in [-0.25, -0.2) is 4.57 Å². The molecular formula is C4H11O5P. The van der Waals surface area contributed by atoms with E-state index < -0.39 is 7.82 Å². The van der Waals surface area contributed by atoms with Crippen LogP contribution in [0.2, 0.25) is 0 Å². The Kier molecular flexibility index (Phi) is 4.08. The molecule has 0 aliphatic rings. The van der Waals surface area contributed by atoms with E-state index in [1.807, 2.05) is 0 Å². The summed E-state index contributed by atoms with van der Waals surface area (Å²) in [5.74, 6) is -0.243. The van der Waals surface area contributed by atoms with E-state index in [0.717, 1.165) is 0 Å². The summed E-state index contributed by atoms with van der Waals surface area (Å²) in [5, 5.41) is 8.40. The summed E-state index contributed by atoms with van der Waals surface area (Å²) in [6.45, 7) is 1.36. The maximum Gasteiger partial charge on any atom is 0.469 e. The zero-order valence-electron chi connectivity index (χ0n) is 5.60. The SMILES string of the molecule is CC(CO)COP(=O)(O)O. The third-order valence-corrected chi connectivity index (χ3v) is 1.32. The zero-order valence-corrected chi connectivity index (χ0v) is 6.49. The van der Waals surface area contributed by atoms with Gasteiger partial charge in [-0.3, -0.25) is 4.52 Å². The second-order valence-corrected chi connectivity index (χ2v) is 3.31. The fraction of sp³-hybridized carbons (Fsp3) is 1.00. The topological polar surface area (TPSA) is 87.0 Å². The standard InChI is InChI=1S/C4H11O5P/c1-4(2-5)3-9-10(6,7)8/h4-5H,2-3H2,1H3,(H2,6,7,8). The van der Waals surface area contributed by atoms with Crippen LogP contribution in [0.15, 0.2) is 0 Å². The summed E-state index contributed by atoms with van der Waals surface area (Å²) >= 11 is 0. The molecule has 10 heavy (non-hydrogen) atoms. The second kappa shape index (κ2) is 4.05. The van der Waals surface area contributed by atoms with Crippen molar-refractivity contribution in [1.29, 1.82) is 0 Å². The highest BCUT2D eigenvalue weighted by atomic mass is 31.2. The van der Waals surface area contributed by atoms with Crippen LogP contribution in [0.1, 0.15) is 6.92 Å². The summed E-state index contributed by atoms with van der Waals surface area (Å²) in [5.41, 5.74) is 0. The van der Waals surface area contributed by atoms with E-state index in [-0.39, 0.29) is 19.1 Å². The van der Waals surface area contributed by atoms with Gasteiger partial charge < -0.3 is 14.9 Å². The molecule has 0 rings (SSSR count). The molecule has 0 amide bonds. The Morgan fingerprint density at radius 1 is 1.60 bits per heavy atom. The Bertz CT molecular complexity index is 130. The molecule has 0 aromatic heterocycles. The fourth-order valence-corrected chi connectivity index (χ4v) is 0.726. The van der Waals surface area contributed by atoms with Crippen molar-refractivity contribution in [2.75, 3.05) is 13.2 Å². The smallest absolute Gasteiger partial charge is 0.396 e. The Labute approximate surface area is 58.9 Å². The van der Waals surface area contributed by atoms with Crippen LogP contribution in [0.5, 0.6) is 0 Å². The Hall–Kier alpha value is 0.0700. The van der Waals surface area contributed by atoms with Crippen molar-refractivity contribution in [1.82, 2.24) is 0 Å². The minimum absolute atomic E-state index is 0.124. The molecule has 5 nitrogen and oxygen atoms in total. The first-order valence-corrected chi connectivity index (χ1v) is 4.29. The van der Waals surface area contributed by atoms with Gasteiger partial charge in [-0.1, -0.05) is 6.92 Å². The molecule has 6 heteroatoms. The molecule has 0 saturated carbocycles. The lowest BCUT2D eigenvalue weighted by Gasteiger charge is -2.08. The van der Waals surface area contributed by atoms with Gasteiger partial charge in [0, 0.05) is 12.5 Å². The number of aliphatic hydroxyl groups is 1. The molecule has 3 N–H and O–H groups in total. The monoisotopic (exact) mass is 170 g/mol. The first-order chi connectivity index (χ1) is 4.45. The average Bonchev–Trinajstić information content (AvgIpc) is 1.81. The minimum atomic E-state index is -4.34. The molecular weight excluding hydrogens is 159 g/mol. The van der Waals surface area contributed by atoms with Crippen LogP contribution in [0, 0.1) is 5.92 Å². The van der Waals surface area contributed by atoms with Gasteiger partial charge in [0.15, 0.2) is 0 Å². The predicted molar refractivity (Wildman–Crippen MR) is 34.2 cm³/mol. The van der Waals surface area contributed by atoms with Gasteiger partial charge in [-0.15, -0.1) is 0 Å². The van der Waals surface area contributed by atoms with E-state index >= 15 is 0 Å². The Morgan fingerprint density at radius 2 is 2.10 bits per heavy atom. The van der Waals surface area contributed by atoms with Crippen LogP contribution in [0.4, 0.5) is 0 Å². The van der Waals surface area contributed by atoms with Gasteiger partial charge in [-0.2, -0.15) is 0 Å². The largest absolute Gasteiger partial charge is 0.469 e. The Morgan fingerprint density at radius 3 is 2.40 bits per heavy atom. The van der Waals surface area contributed by atoms with Gasteiger partial charge >= 0.3 is 7.82 Å². The van der Waals surface area contributed by atoms with Gasteiger partial charge in [0.1, 0.15) is 0 Å². The first-order valence-electron chi connectivity index (χ1n) is 2.76. The lowest BCUT2D eigenvalue weighted by molar-refractivity contribution is 0.138. The van der Waals surface area contributed by atoms with E-state index in [0.29, 0.717) is 0 Å². The number of hydrogen-bond donors (Lipinski definition) is 3. The van der Waals surface area contributed by atoms with Crippen LogP contribution in [-0.4, -0.2) is 28.1 Å².